The number of carbonyl (C=O) groups is 2. The van der Waals surface area contributed by atoms with Gasteiger partial charge in [-0.15, -0.1) is 10.2 Å². The fourth-order valence-corrected chi connectivity index (χ4v) is 2.89. The van der Waals surface area contributed by atoms with E-state index in [2.05, 4.69) is 20.4 Å². The van der Waals surface area contributed by atoms with E-state index in [-0.39, 0.29) is 18.9 Å². The summed E-state index contributed by atoms with van der Waals surface area (Å²) in [6.45, 7) is 5.31. The third-order valence-electron chi connectivity index (χ3n) is 4.31. The molecule has 1 aliphatic rings. The maximum absolute atomic E-state index is 12.7. The number of carboxylic acid groups (broad SMARTS) is 1. The molecule has 2 aromatic heterocycles. The summed E-state index contributed by atoms with van der Waals surface area (Å²) in [5.41, 5.74) is 0.914. The summed E-state index contributed by atoms with van der Waals surface area (Å²) in [5.74, 6) is 0.250. The third-order valence-corrected chi connectivity index (χ3v) is 4.31. The molecule has 1 unspecified atom stereocenters. The number of nitrogens with zero attached hydrogens (tertiary/aromatic N) is 7. The van der Waals surface area contributed by atoms with Crippen molar-refractivity contribution in [2.24, 2.45) is 0 Å². The van der Waals surface area contributed by atoms with Gasteiger partial charge in [-0.25, -0.2) is 4.79 Å². The van der Waals surface area contributed by atoms with Crippen molar-refractivity contribution < 1.29 is 24.2 Å². The SMILES string of the molecule is COCCn1nnc(C2CN(C(=O)Cn3c(C)cc(C)nc3=O)CCO2)n1.O=CO. The molecule has 0 bridgehead atoms. The van der Waals surface area contributed by atoms with Crippen molar-refractivity contribution in [3.63, 3.8) is 0 Å². The van der Waals surface area contributed by atoms with Gasteiger partial charge in [-0.2, -0.15) is 9.78 Å². The first-order valence-electron chi connectivity index (χ1n) is 9.18. The van der Waals surface area contributed by atoms with Crippen LogP contribution in [0.5, 0.6) is 0 Å². The maximum Gasteiger partial charge on any atom is 0.348 e. The number of tetrazole rings is 1. The zero-order valence-electron chi connectivity index (χ0n) is 17.1. The van der Waals surface area contributed by atoms with Gasteiger partial charge in [-0.05, 0) is 25.1 Å². The fraction of sp³-hybridized carbons (Fsp3) is 0.588. The Balaban J connectivity index is 0.00000101. The highest BCUT2D eigenvalue weighted by atomic mass is 16.5. The second kappa shape index (κ2) is 11.1. The number of rotatable bonds is 6. The molecule has 0 radical (unpaired) electrons. The molecule has 1 N–H and O–H groups in total. The predicted molar refractivity (Wildman–Crippen MR) is 102 cm³/mol. The Hall–Kier alpha value is -3.19. The topological polar surface area (TPSA) is 155 Å². The number of hydrogen-bond acceptors (Lipinski definition) is 9. The van der Waals surface area contributed by atoms with Crippen molar-refractivity contribution in [2.45, 2.75) is 33.0 Å². The molecular weight excluding hydrogens is 398 g/mol. The van der Waals surface area contributed by atoms with Crippen molar-refractivity contribution in [2.75, 3.05) is 33.4 Å². The van der Waals surface area contributed by atoms with Gasteiger partial charge in [0.25, 0.3) is 6.47 Å². The zero-order valence-corrected chi connectivity index (χ0v) is 17.1. The lowest BCUT2D eigenvalue weighted by molar-refractivity contribution is -0.140. The summed E-state index contributed by atoms with van der Waals surface area (Å²) in [6.07, 6.45) is -0.451. The molecule has 0 spiro atoms. The van der Waals surface area contributed by atoms with E-state index in [1.165, 1.54) is 9.36 Å². The van der Waals surface area contributed by atoms with E-state index in [0.29, 0.717) is 50.1 Å². The average molecular weight is 423 g/mol. The number of aromatic nitrogens is 6. The van der Waals surface area contributed by atoms with Crippen molar-refractivity contribution in [1.29, 1.82) is 0 Å². The van der Waals surface area contributed by atoms with Crippen LogP contribution in [0.1, 0.15) is 23.3 Å². The van der Waals surface area contributed by atoms with Crippen LogP contribution in [-0.4, -0.2) is 85.6 Å². The highest BCUT2D eigenvalue weighted by Crippen LogP contribution is 2.18. The smallest absolute Gasteiger partial charge is 0.348 e. The molecule has 3 rings (SSSR count). The molecule has 2 aromatic rings. The number of carbonyl (C=O) groups excluding carboxylic acids is 1. The molecule has 1 saturated heterocycles. The molecule has 1 fully saturated rings. The number of amides is 1. The van der Waals surface area contributed by atoms with Gasteiger partial charge in [0.05, 0.1) is 26.3 Å². The molecular formula is C17H25N7O6. The summed E-state index contributed by atoms with van der Waals surface area (Å²) >= 11 is 0. The summed E-state index contributed by atoms with van der Waals surface area (Å²) < 4.78 is 12.1. The lowest BCUT2D eigenvalue weighted by Gasteiger charge is -2.31. The van der Waals surface area contributed by atoms with Crippen LogP contribution in [0.4, 0.5) is 0 Å². The van der Waals surface area contributed by atoms with E-state index in [4.69, 9.17) is 19.4 Å². The second-order valence-corrected chi connectivity index (χ2v) is 6.45. The zero-order chi connectivity index (χ0) is 22.1. The molecule has 0 saturated carbocycles. The predicted octanol–water partition coefficient (Wildman–Crippen LogP) is -1.21. The molecule has 30 heavy (non-hydrogen) atoms. The second-order valence-electron chi connectivity index (χ2n) is 6.45. The van der Waals surface area contributed by atoms with Crippen LogP contribution >= 0.6 is 0 Å². The number of methoxy groups -OCH3 is 1. The summed E-state index contributed by atoms with van der Waals surface area (Å²) in [6, 6.07) is 1.78. The monoisotopic (exact) mass is 423 g/mol. The van der Waals surface area contributed by atoms with Crippen molar-refractivity contribution in [3.05, 3.63) is 33.8 Å². The minimum Gasteiger partial charge on any atom is -0.483 e. The van der Waals surface area contributed by atoms with Gasteiger partial charge in [-0.1, -0.05) is 0 Å². The van der Waals surface area contributed by atoms with E-state index in [0.717, 1.165) is 0 Å². The van der Waals surface area contributed by atoms with E-state index >= 15 is 0 Å². The van der Waals surface area contributed by atoms with E-state index < -0.39 is 11.8 Å². The van der Waals surface area contributed by atoms with Gasteiger partial charge in [0, 0.05) is 25.0 Å². The van der Waals surface area contributed by atoms with E-state index in [1.807, 2.05) is 0 Å². The number of aryl methyl sites for hydroxylation is 2. The first-order valence-corrected chi connectivity index (χ1v) is 9.18. The maximum atomic E-state index is 12.7. The minimum absolute atomic E-state index is 0.0569. The van der Waals surface area contributed by atoms with E-state index in [1.54, 1.807) is 31.9 Å². The molecule has 1 aliphatic heterocycles. The highest BCUT2D eigenvalue weighted by molar-refractivity contribution is 5.76. The minimum atomic E-state index is -0.451. The Kier molecular flexibility index (Phi) is 8.55. The number of hydrogen-bond donors (Lipinski definition) is 1. The van der Waals surface area contributed by atoms with Crippen LogP contribution in [0.15, 0.2) is 10.9 Å². The molecule has 164 valence electrons. The summed E-state index contributed by atoms with van der Waals surface area (Å²) in [5, 5.41) is 19.1. The van der Waals surface area contributed by atoms with Crippen LogP contribution in [0.3, 0.4) is 0 Å². The quantitative estimate of drug-likeness (QED) is 0.560. The molecule has 3 heterocycles. The average Bonchev–Trinajstić information content (AvgIpc) is 3.18. The number of morpholine rings is 1. The Bertz CT molecular complexity index is 912. The van der Waals surface area contributed by atoms with Gasteiger partial charge < -0.3 is 19.5 Å². The van der Waals surface area contributed by atoms with Crippen molar-refractivity contribution in [3.8, 4) is 0 Å². The molecule has 13 heteroatoms. The standard InChI is InChI=1S/C16H23N7O4.CH2O2/c1-11-8-12(2)22(16(25)17-11)10-14(24)21-4-7-27-13(9-21)15-18-20-23(19-15)5-6-26-3;2-1-3/h8,13H,4-7,9-10H2,1-3H3;1H,(H,2,3). The normalized spacial score (nSPS) is 16.0. The molecule has 1 amide bonds. The Morgan fingerprint density at radius 2 is 2.17 bits per heavy atom. The van der Waals surface area contributed by atoms with Gasteiger partial charge >= 0.3 is 5.69 Å². The largest absolute Gasteiger partial charge is 0.483 e. The first-order chi connectivity index (χ1) is 14.4. The van der Waals surface area contributed by atoms with Crippen molar-refractivity contribution >= 4 is 12.4 Å². The van der Waals surface area contributed by atoms with Crippen LogP contribution in [-0.2, 0) is 32.2 Å². The number of ether oxygens (including phenoxy) is 2. The first kappa shape index (κ1) is 23.1. The van der Waals surface area contributed by atoms with Crippen LogP contribution in [0.2, 0.25) is 0 Å². The molecule has 0 aliphatic carbocycles. The fourth-order valence-electron chi connectivity index (χ4n) is 2.89. The van der Waals surface area contributed by atoms with Gasteiger partial charge in [-0.3, -0.25) is 14.2 Å². The summed E-state index contributed by atoms with van der Waals surface area (Å²) in [7, 11) is 1.60. The Morgan fingerprint density at radius 3 is 2.83 bits per heavy atom. The van der Waals surface area contributed by atoms with Crippen molar-refractivity contribution in [1.82, 2.24) is 34.7 Å². The van der Waals surface area contributed by atoms with Crippen LogP contribution in [0, 0.1) is 13.8 Å². The van der Waals surface area contributed by atoms with Gasteiger partial charge in [0.1, 0.15) is 12.6 Å². The van der Waals surface area contributed by atoms with Gasteiger partial charge in [0.15, 0.2) is 0 Å². The Morgan fingerprint density at radius 1 is 1.43 bits per heavy atom. The lowest BCUT2D eigenvalue weighted by Crippen LogP contribution is -2.45. The Labute approximate surface area is 172 Å². The molecule has 1 atom stereocenters. The molecule has 13 nitrogen and oxygen atoms in total. The summed E-state index contributed by atoms with van der Waals surface area (Å²) in [4.78, 5) is 40.1. The highest BCUT2D eigenvalue weighted by Gasteiger charge is 2.29. The van der Waals surface area contributed by atoms with Crippen LogP contribution < -0.4 is 5.69 Å². The lowest BCUT2D eigenvalue weighted by atomic mass is 10.2. The van der Waals surface area contributed by atoms with E-state index in [9.17, 15) is 9.59 Å². The van der Waals surface area contributed by atoms with Crippen LogP contribution in [0.25, 0.3) is 0 Å². The third kappa shape index (κ3) is 6.15. The molecule has 0 aromatic carbocycles. The van der Waals surface area contributed by atoms with Gasteiger partial charge in [0.2, 0.25) is 11.7 Å².